The third kappa shape index (κ3) is 5.33. The molecule has 3 nitrogen and oxygen atoms in total. The molecule has 0 atom stereocenters. The Morgan fingerprint density at radius 3 is 2.47 bits per heavy atom. The van der Waals surface area contributed by atoms with E-state index in [-0.39, 0.29) is 11.3 Å². The molecule has 0 radical (unpaired) electrons. The van der Waals surface area contributed by atoms with Gasteiger partial charge in [-0.1, -0.05) is 13.8 Å². The van der Waals surface area contributed by atoms with Gasteiger partial charge < -0.3 is 4.74 Å². The van der Waals surface area contributed by atoms with Crippen molar-refractivity contribution in [3.05, 3.63) is 29.6 Å². The Hall–Kier alpha value is -1.59. The number of rotatable bonds is 2. The summed E-state index contributed by atoms with van der Waals surface area (Å²) in [5.41, 5.74) is -0.478. The number of nitrogens with zero attached hydrogens (tertiary/aromatic N) is 1. The second-order valence-electron chi connectivity index (χ2n) is 2.78. The molecule has 0 N–H and O–H groups in total. The molecule has 0 aromatic carbocycles. The number of ether oxygens (including phenoxy) is 1. The minimum atomic E-state index is -4.39. The Kier molecular flexibility index (Phi) is 6.23. The van der Waals surface area contributed by atoms with Crippen LogP contribution in [0.5, 0.6) is 0 Å². The number of alkyl halides is 3. The Bertz CT molecular complexity index is 364. The molecular weight excluding hydrogens is 235 g/mol. The first-order valence-corrected chi connectivity index (χ1v) is 5.03. The maximum absolute atomic E-state index is 12.1. The van der Waals surface area contributed by atoms with Gasteiger partial charge in [-0.05, 0) is 12.1 Å². The van der Waals surface area contributed by atoms with Gasteiger partial charge in [0.1, 0.15) is 0 Å². The summed E-state index contributed by atoms with van der Waals surface area (Å²) in [4.78, 5) is 14.6. The highest BCUT2D eigenvalue weighted by atomic mass is 19.4. The number of pyridine rings is 1. The molecule has 0 saturated carbocycles. The molecule has 1 heterocycles. The van der Waals surface area contributed by atoms with E-state index in [1.165, 1.54) is 18.3 Å². The van der Waals surface area contributed by atoms with Gasteiger partial charge in [-0.15, -0.1) is 0 Å². The molecule has 0 aliphatic carbocycles. The molecule has 0 saturated heterocycles. The monoisotopic (exact) mass is 249 g/mol. The molecule has 0 aliphatic rings. The van der Waals surface area contributed by atoms with Gasteiger partial charge in [0.2, 0.25) is 0 Å². The van der Waals surface area contributed by atoms with Crippen molar-refractivity contribution < 1.29 is 22.7 Å². The van der Waals surface area contributed by atoms with Crippen LogP contribution in [0.25, 0.3) is 0 Å². The average molecular weight is 249 g/mol. The number of carbonyl (C=O) groups excluding carboxylic acids is 1. The zero-order chi connectivity index (χ0) is 13.5. The van der Waals surface area contributed by atoms with Crippen molar-refractivity contribution in [3.8, 4) is 0 Å². The number of hydrogen-bond acceptors (Lipinski definition) is 3. The molecule has 1 rings (SSSR count). The van der Waals surface area contributed by atoms with Crippen LogP contribution in [0.4, 0.5) is 13.2 Å². The zero-order valence-electron chi connectivity index (χ0n) is 9.84. The van der Waals surface area contributed by atoms with Crippen molar-refractivity contribution in [2.45, 2.75) is 26.4 Å². The molecule has 0 unspecified atom stereocenters. The largest absolute Gasteiger partial charge is 0.465 e. The standard InChI is InChI=1S/C9H8F3NO2.C2H6/c1-15-8(14)6-3-2-4-13-7(6)5-9(10,11)12;1-2/h2-4H,5H2,1H3;1-2H3. The second-order valence-corrected chi connectivity index (χ2v) is 2.78. The van der Waals surface area contributed by atoms with E-state index in [1.807, 2.05) is 13.8 Å². The molecule has 17 heavy (non-hydrogen) atoms. The number of aromatic nitrogens is 1. The van der Waals surface area contributed by atoms with E-state index in [0.717, 1.165) is 7.11 Å². The van der Waals surface area contributed by atoms with Crippen molar-refractivity contribution in [2.24, 2.45) is 0 Å². The summed E-state index contributed by atoms with van der Waals surface area (Å²) in [6.07, 6.45) is -4.43. The lowest BCUT2D eigenvalue weighted by Gasteiger charge is -2.08. The summed E-state index contributed by atoms with van der Waals surface area (Å²) in [5, 5.41) is 0. The summed E-state index contributed by atoms with van der Waals surface area (Å²) in [7, 11) is 1.10. The predicted octanol–water partition coefficient (Wildman–Crippen LogP) is 3.00. The smallest absolute Gasteiger partial charge is 0.394 e. The highest BCUT2D eigenvalue weighted by molar-refractivity contribution is 5.90. The molecule has 0 fully saturated rings. The summed E-state index contributed by atoms with van der Waals surface area (Å²) < 4.78 is 40.6. The Labute approximate surface area is 97.6 Å². The Morgan fingerprint density at radius 2 is 2.00 bits per heavy atom. The van der Waals surface area contributed by atoms with Crippen molar-refractivity contribution in [2.75, 3.05) is 7.11 Å². The van der Waals surface area contributed by atoms with Crippen LogP contribution in [-0.4, -0.2) is 24.2 Å². The van der Waals surface area contributed by atoms with Gasteiger partial charge in [0.15, 0.2) is 0 Å². The molecule has 1 aromatic heterocycles. The van der Waals surface area contributed by atoms with E-state index in [9.17, 15) is 18.0 Å². The van der Waals surface area contributed by atoms with E-state index in [2.05, 4.69) is 9.72 Å². The fraction of sp³-hybridized carbons (Fsp3) is 0.455. The highest BCUT2D eigenvalue weighted by Crippen LogP contribution is 2.22. The SMILES string of the molecule is CC.COC(=O)c1cccnc1CC(F)(F)F. The van der Waals surface area contributed by atoms with Gasteiger partial charge in [0.25, 0.3) is 0 Å². The van der Waals surface area contributed by atoms with Gasteiger partial charge in [0, 0.05) is 6.20 Å². The normalized spacial score (nSPS) is 10.2. The minimum Gasteiger partial charge on any atom is -0.465 e. The van der Waals surface area contributed by atoms with Crippen LogP contribution < -0.4 is 0 Å². The number of carbonyl (C=O) groups is 1. The zero-order valence-corrected chi connectivity index (χ0v) is 9.84. The van der Waals surface area contributed by atoms with Gasteiger partial charge in [-0.25, -0.2) is 4.79 Å². The maximum Gasteiger partial charge on any atom is 0.394 e. The quantitative estimate of drug-likeness (QED) is 0.756. The topological polar surface area (TPSA) is 39.2 Å². The number of hydrogen-bond donors (Lipinski definition) is 0. The van der Waals surface area contributed by atoms with E-state index in [1.54, 1.807) is 0 Å². The molecule has 6 heteroatoms. The highest BCUT2D eigenvalue weighted by Gasteiger charge is 2.30. The van der Waals surface area contributed by atoms with Crippen molar-refractivity contribution in [1.82, 2.24) is 4.98 Å². The van der Waals surface area contributed by atoms with Crippen LogP contribution in [0.15, 0.2) is 18.3 Å². The Balaban J connectivity index is 0.00000121. The van der Waals surface area contributed by atoms with Crippen LogP contribution >= 0.6 is 0 Å². The van der Waals surface area contributed by atoms with Crippen molar-refractivity contribution >= 4 is 5.97 Å². The van der Waals surface area contributed by atoms with E-state index < -0.39 is 18.6 Å². The fourth-order valence-electron chi connectivity index (χ4n) is 1.06. The molecule has 96 valence electrons. The number of methoxy groups -OCH3 is 1. The summed E-state index contributed by atoms with van der Waals surface area (Å²) in [6.45, 7) is 4.00. The van der Waals surface area contributed by atoms with Gasteiger partial charge >= 0.3 is 12.1 Å². The summed E-state index contributed by atoms with van der Waals surface area (Å²) >= 11 is 0. The van der Waals surface area contributed by atoms with Crippen molar-refractivity contribution in [1.29, 1.82) is 0 Å². The third-order valence-corrected chi connectivity index (χ3v) is 1.66. The van der Waals surface area contributed by atoms with Crippen LogP contribution in [0.3, 0.4) is 0 Å². The number of esters is 1. The van der Waals surface area contributed by atoms with Gasteiger partial charge in [-0.2, -0.15) is 13.2 Å². The van der Waals surface area contributed by atoms with Gasteiger partial charge in [-0.3, -0.25) is 4.98 Å². The lowest BCUT2D eigenvalue weighted by molar-refractivity contribution is -0.127. The van der Waals surface area contributed by atoms with Crippen LogP contribution in [-0.2, 0) is 11.2 Å². The Morgan fingerprint density at radius 1 is 1.41 bits per heavy atom. The lowest BCUT2D eigenvalue weighted by Crippen LogP contribution is -2.16. The van der Waals surface area contributed by atoms with E-state index in [0.29, 0.717) is 0 Å². The van der Waals surface area contributed by atoms with Crippen LogP contribution in [0.1, 0.15) is 29.9 Å². The van der Waals surface area contributed by atoms with Crippen LogP contribution in [0, 0.1) is 0 Å². The summed E-state index contributed by atoms with van der Waals surface area (Å²) in [5.74, 6) is -0.817. The lowest BCUT2D eigenvalue weighted by atomic mass is 10.1. The number of halogens is 3. The molecule has 0 bridgehead atoms. The third-order valence-electron chi connectivity index (χ3n) is 1.66. The average Bonchev–Trinajstić information content (AvgIpc) is 2.29. The van der Waals surface area contributed by atoms with Crippen molar-refractivity contribution in [3.63, 3.8) is 0 Å². The second kappa shape index (κ2) is 6.88. The van der Waals surface area contributed by atoms with E-state index >= 15 is 0 Å². The molecule has 0 amide bonds. The first kappa shape index (κ1) is 15.4. The first-order chi connectivity index (χ1) is 7.94. The van der Waals surface area contributed by atoms with Crippen LogP contribution in [0.2, 0.25) is 0 Å². The minimum absolute atomic E-state index is 0.155. The maximum atomic E-state index is 12.1. The van der Waals surface area contributed by atoms with E-state index in [4.69, 9.17) is 0 Å². The summed E-state index contributed by atoms with van der Waals surface area (Å²) in [6, 6.07) is 2.63. The predicted molar refractivity (Wildman–Crippen MR) is 56.7 cm³/mol. The fourth-order valence-corrected chi connectivity index (χ4v) is 1.06. The first-order valence-electron chi connectivity index (χ1n) is 5.03. The molecule has 0 spiro atoms. The molecular formula is C11H14F3NO2. The van der Waals surface area contributed by atoms with Gasteiger partial charge in [0.05, 0.1) is 24.8 Å². The molecule has 1 aromatic rings. The molecule has 0 aliphatic heterocycles.